The summed E-state index contributed by atoms with van der Waals surface area (Å²) in [5, 5.41) is 3.16. The minimum absolute atomic E-state index is 0.728. The lowest BCUT2D eigenvalue weighted by atomic mass is 10.4. The first-order chi connectivity index (χ1) is 7.34. The Hall–Kier alpha value is -1.29. The van der Waals surface area contributed by atoms with Crippen molar-refractivity contribution in [3.05, 3.63) is 18.3 Å². The highest BCUT2D eigenvalue weighted by Gasteiger charge is 2.20. The summed E-state index contributed by atoms with van der Waals surface area (Å²) in [4.78, 5) is 4.14. The largest absolute Gasteiger partial charge is 0.399 e. The van der Waals surface area contributed by atoms with Gasteiger partial charge in [0.15, 0.2) is 0 Å². The molecule has 0 spiro atoms. The quantitative estimate of drug-likeness (QED) is 0.694. The van der Waals surface area contributed by atoms with Crippen molar-refractivity contribution in [1.82, 2.24) is 4.98 Å². The molecule has 0 bridgehead atoms. The zero-order valence-corrected chi connectivity index (χ0v) is 8.78. The number of anilines is 2. The minimum atomic E-state index is 0.728. The minimum Gasteiger partial charge on any atom is -0.399 e. The maximum Gasteiger partial charge on any atom is 0.128 e. The monoisotopic (exact) mass is 207 g/mol. The van der Waals surface area contributed by atoms with Crippen LogP contribution in [0.3, 0.4) is 0 Å². The van der Waals surface area contributed by atoms with Gasteiger partial charge in [-0.15, -0.1) is 0 Å². The summed E-state index contributed by atoms with van der Waals surface area (Å²) in [6.45, 7) is 2.42. The van der Waals surface area contributed by atoms with E-state index in [2.05, 4.69) is 10.3 Å². The number of nitrogen functional groups attached to an aromatic ring is 1. The average Bonchev–Trinajstić information content (AvgIpc) is 3.01. The van der Waals surface area contributed by atoms with Gasteiger partial charge in [-0.2, -0.15) is 0 Å². The molecule has 4 nitrogen and oxygen atoms in total. The van der Waals surface area contributed by atoms with Gasteiger partial charge in [0.1, 0.15) is 5.82 Å². The zero-order chi connectivity index (χ0) is 10.5. The average molecular weight is 207 g/mol. The zero-order valence-electron chi connectivity index (χ0n) is 8.78. The second kappa shape index (κ2) is 4.98. The molecule has 82 valence electrons. The highest BCUT2D eigenvalue weighted by Crippen LogP contribution is 2.28. The molecule has 2 rings (SSSR count). The van der Waals surface area contributed by atoms with Crippen LogP contribution in [0.1, 0.15) is 12.8 Å². The lowest BCUT2D eigenvalue weighted by Crippen LogP contribution is -2.11. The number of pyridine rings is 1. The lowest BCUT2D eigenvalue weighted by Gasteiger charge is -2.06. The molecule has 15 heavy (non-hydrogen) atoms. The van der Waals surface area contributed by atoms with Crippen molar-refractivity contribution in [3.8, 4) is 0 Å². The van der Waals surface area contributed by atoms with Gasteiger partial charge in [-0.05, 0) is 24.8 Å². The molecular weight excluding hydrogens is 190 g/mol. The highest BCUT2D eigenvalue weighted by molar-refractivity contribution is 5.48. The molecule has 1 aromatic rings. The Labute approximate surface area is 89.8 Å². The molecule has 1 aromatic heterocycles. The lowest BCUT2D eigenvalue weighted by molar-refractivity contribution is 0.134. The third kappa shape index (κ3) is 3.75. The summed E-state index contributed by atoms with van der Waals surface area (Å²) in [6, 6.07) is 3.59. The van der Waals surface area contributed by atoms with E-state index in [1.807, 2.05) is 6.07 Å². The standard InChI is InChI=1S/C11H17N3O/c12-10-3-4-13-11(7-10)14-5-6-15-8-9-1-2-9/h3-4,7,9H,1-2,5-6,8H2,(H3,12,13,14). The van der Waals surface area contributed by atoms with E-state index in [-0.39, 0.29) is 0 Å². The SMILES string of the molecule is Nc1ccnc(NCCOCC2CC2)c1. The van der Waals surface area contributed by atoms with Crippen LogP contribution >= 0.6 is 0 Å². The Bertz CT molecular complexity index is 312. The molecule has 1 aliphatic rings. The summed E-state index contributed by atoms with van der Waals surface area (Å²) < 4.78 is 5.49. The van der Waals surface area contributed by atoms with E-state index >= 15 is 0 Å². The van der Waals surface area contributed by atoms with E-state index in [0.29, 0.717) is 0 Å². The molecule has 1 saturated carbocycles. The molecule has 0 amide bonds. The van der Waals surface area contributed by atoms with Gasteiger partial charge in [-0.25, -0.2) is 4.98 Å². The molecule has 0 aliphatic heterocycles. The first-order valence-corrected chi connectivity index (χ1v) is 5.38. The molecular formula is C11H17N3O. The van der Waals surface area contributed by atoms with Crippen molar-refractivity contribution in [2.24, 2.45) is 5.92 Å². The topological polar surface area (TPSA) is 60.2 Å². The van der Waals surface area contributed by atoms with Crippen LogP contribution in [0.4, 0.5) is 11.5 Å². The maximum atomic E-state index is 5.63. The van der Waals surface area contributed by atoms with Crippen LogP contribution in [-0.4, -0.2) is 24.7 Å². The van der Waals surface area contributed by atoms with Gasteiger partial charge in [0, 0.05) is 31.1 Å². The molecule has 0 aromatic carbocycles. The summed E-state index contributed by atoms with van der Waals surface area (Å²) in [5.74, 6) is 1.64. The van der Waals surface area contributed by atoms with E-state index in [0.717, 1.165) is 37.2 Å². The van der Waals surface area contributed by atoms with Gasteiger partial charge < -0.3 is 15.8 Å². The summed E-state index contributed by atoms with van der Waals surface area (Å²) in [6.07, 6.45) is 4.37. The van der Waals surface area contributed by atoms with E-state index in [4.69, 9.17) is 10.5 Å². The smallest absolute Gasteiger partial charge is 0.128 e. The molecule has 0 saturated heterocycles. The first-order valence-electron chi connectivity index (χ1n) is 5.38. The van der Waals surface area contributed by atoms with E-state index in [9.17, 15) is 0 Å². The Kier molecular flexibility index (Phi) is 3.40. The molecule has 0 unspecified atom stereocenters. The number of nitrogens with two attached hydrogens (primary N) is 1. The Morgan fingerprint density at radius 3 is 3.13 bits per heavy atom. The Balaban J connectivity index is 1.60. The van der Waals surface area contributed by atoms with E-state index in [1.165, 1.54) is 12.8 Å². The van der Waals surface area contributed by atoms with Crippen molar-refractivity contribution in [2.45, 2.75) is 12.8 Å². The fourth-order valence-electron chi connectivity index (χ4n) is 1.33. The van der Waals surface area contributed by atoms with Crippen LogP contribution in [0, 0.1) is 5.92 Å². The van der Waals surface area contributed by atoms with Crippen molar-refractivity contribution >= 4 is 11.5 Å². The molecule has 0 radical (unpaired) electrons. The third-order valence-electron chi connectivity index (χ3n) is 2.39. The van der Waals surface area contributed by atoms with Gasteiger partial charge in [0.05, 0.1) is 6.61 Å². The van der Waals surface area contributed by atoms with Gasteiger partial charge >= 0.3 is 0 Å². The fraction of sp³-hybridized carbons (Fsp3) is 0.545. The summed E-state index contributed by atoms with van der Waals surface area (Å²) in [7, 11) is 0. The number of hydrogen-bond donors (Lipinski definition) is 2. The Morgan fingerprint density at radius 2 is 2.40 bits per heavy atom. The second-order valence-corrected chi connectivity index (χ2v) is 3.92. The van der Waals surface area contributed by atoms with Crippen LogP contribution in [0.25, 0.3) is 0 Å². The summed E-state index contributed by atoms with van der Waals surface area (Å²) in [5.41, 5.74) is 6.35. The molecule has 4 heteroatoms. The predicted octanol–water partition coefficient (Wildman–Crippen LogP) is 1.50. The maximum absolute atomic E-state index is 5.63. The van der Waals surface area contributed by atoms with Crippen LogP contribution in [-0.2, 0) is 4.74 Å². The molecule has 1 aliphatic carbocycles. The molecule has 1 fully saturated rings. The van der Waals surface area contributed by atoms with Crippen LogP contribution in [0.5, 0.6) is 0 Å². The fourth-order valence-corrected chi connectivity index (χ4v) is 1.33. The predicted molar refractivity (Wildman–Crippen MR) is 60.7 cm³/mol. The number of ether oxygens (including phenoxy) is 1. The number of nitrogens with one attached hydrogen (secondary N) is 1. The van der Waals surface area contributed by atoms with Gasteiger partial charge in [0.2, 0.25) is 0 Å². The molecule has 0 atom stereocenters. The number of hydrogen-bond acceptors (Lipinski definition) is 4. The number of rotatable bonds is 6. The number of aromatic nitrogens is 1. The van der Waals surface area contributed by atoms with Crippen molar-refractivity contribution in [3.63, 3.8) is 0 Å². The van der Waals surface area contributed by atoms with Gasteiger partial charge in [-0.1, -0.05) is 0 Å². The van der Waals surface area contributed by atoms with Crippen LogP contribution in [0.2, 0.25) is 0 Å². The summed E-state index contributed by atoms with van der Waals surface area (Å²) >= 11 is 0. The molecule has 1 heterocycles. The number of nitrogens with zero attached hydrogens (tertiary/aromatic N) is 1. The van der Waals surface area contributed by atoms with Crippen LogP contribution in [0.15, 0.2) is 18.3 Å². The van der Waals surface area contributed by atoms with Crippen molar-refractivity contribution in [2.75, 3.05) is 30.8 Å². The normalized spacial score (nSPS) is 15.2. The van der Waals surface area contributed by atoms with Crippen LogP contribution < -0.4 is 11.1 Å². The van der Waals surface area contributed by atoms with Gasteiger partial charge in [0.25, 0.3) is 0 Å². The Morgan fingerprint density at radius 1 is 1.53 bits per heavy atom. The highest BCUT2D eigenvalue weighted by atomic mass is 16.5. The van der Waals surface area contributed by atoms with Gasteiger partial charge in [-0.3, -0.25) is 0 Å². The second-order valence-electron chi connectivity index (χ2n) is 3.92. The van der Waals surface area contributed by atoms with Crippen molar-refractivity contribution in [1.29, 1.82) is 0 Å². The van der Waals surface area contributed by atoms with E-state index in [1.54, 1.807) is 12.3 Å². The van der Waals surface area contributed by atoms with E-state index < -0.39 is 0 Å². The van der Waals surface area contributed by atoms with Crippen molar-refractivity contribution < 1.29 is 4.74 Å². The molecule has 3 N–H and O–H groups in total. The first kappa shape index (κ1) is 10.2. The third-order valence-corrected chi connectivity index (χ3v) is 2.39.